The molecule has 0 spiro atoms. The summed E-state index contributed by atoms with van der Waals surface area (Å²) < 4.78 is 22.1. The first-order chi connectivity index (χ1) is 13.1. The van der Waals surface area contributed by atoms with Crippen LogP contribution < -0.4 is 14.2 Å². The van der Waals surface area contributed by atoms with Gasteiger partial charge in [-0.2, -0.15) is 0 Å². The third-order valence-electron chi connectivity index (χ3n) is 4.65. The average molecular weight is 439 g/mol. The number of ether oxygens (including phenoxy) is 3. The van der Waals surface area contributed by atoms with Gasteiger partial charge in [0.1, 0.15) is 6.26 Å². The van der Waals surface area contributed by atoms with Crippen molar-refractivity contribution in [1.29, 1.82) is 0 Å². The lowest BCUT2D eigenvalue weighted by Gasteiger charge is -2.34. The van der Waals surface area contributed by atoms with Gasteiger partial charge in [0.15, 0.2) is 16.2 Å². The van der Waals surface area contributed by atoms with Gasteiger partial charge in [0.05, 0.1) is 26.9 Å². The molecule has 3 rings (SSSR count). The van der Waals surface area contributed by atoms with E-state index in [1.807, 2.05) is 17.0 Å². The molecule has 7 nitrogen and oxygen atoms in total. The number of carbonyl (C=O) groups is 1. The molecule has 27 heavy (non-hydrogen) atoms. The number of rotatable bonds is 6. The monoisotopic (exact) mass is 438 g/mol. The second kappa shape index (κ2) is 8.67. The molecule has 0 unspecified atom stereocenters. The van der Waals surface area contributed by atoms with Gasteiger partial charge in [0, 0.05) is 44.4 Å². The molecule has 0 bridgehead atoms. The van der Waals surface area contributed by atoms with Gasteiger partial charge < -0.3 is 23.5 Å². The molecule has 1 saturated heterocycles. The largest absolute Gasteiger partial charge is 0.493 e. The Balaban J connectivity index is 1.65. The minimum atomic E-state index is -0.00667. The number of hydrogen-bond acceptors (Lipinski definition) is 6. The van der Waals surface area contributed by atoms with Crippen LogP contribution >= 0.6 is 15.9 Å². The Hall–Kier alpha value is -2.19. The van der Waals surface area contributed by atoms with Gasteiger partial charge >= 0.3 is 0 Å². The van der Waals surface area contributed by atoms with Gasteiger partial charge in [-0.05, 0) is 22.0 Å². The Morgan fingerprint density at radius 2 is 1.78 bits per heavy atom. The van der Waals surface area contributed by atoms with Crippen molar-refractivity contribution in [1.82, 2.24) is 9.80 Å². The highest BCUT2D eigenvalue weighted by molar-refractivity contribution is 9.10. The van der Waals surface area contributed by atoms with Crippen molar-refractivity contribution in [3.05, 3.63) is 40.3 Å². The van der Waals surface area contributed by atoms with E-state index in [4.69, 9.17) is 18.6 Å². The highest BCUT2D eigenvalue weighted by atomic mass is 79.9. The molecular formula is C19H23BrN2O5. The third kappa shape index (κ3) is 4.22. The van der Waals surface area contributed by atoms with Crippen LogP contribution in [0.5, 0.6) is 17.2 Å². The number of benzene rings is 1. The van der Waals surface area contributed by atoms with Crippen molar-refractivity contribution >= 4 is 21.8 Å². The number of furan rings is 1. The Morgan fingerprint density at radius 3 is 2.33 bits per heavy atom. The van der Waals surface area contributed by atoms with Gasteiger partial charge in [-0.3, -0.25) is 9.69 Å². The first-order valence-electron chi connectivity index (χ1n) is 8.61. The van der Waals surface area contributed by atoms with Crippen molar-refractivity contribution in [2.24, 2.45) is 0 Å². The van der Waals surface area contributed by atoms with E-state index in [2.05, 4.69) is 20.8 Å². The number of halogens is 1. The van der Waals surface area contributed by atoms with Crippen molar-refractivity contribution in [3.8, 4) is 17.2 Å². The van der Waals surface area contributed by atoms with Crippen LogP contribution in [0.25, 0.3) is 0 Å². The summed E-state index contributed by atoms with van der Waals surface area (Å²) in [5.41, 5.74) is 1.59. The van der Waals surface area contributed by atoms with Crippen LogP contribution in [-0.4, -0.2) is 63.2 Å². The van der Waals surface area contributed by atoms with Crippen LogP contribution in [0.15, 0.2) is 33.5 Å². The molecule has 1 aliphatic rings. The second-order valence-electron chi connectivity index (χ2n) is 6.20. The number of carbonyl (C=O) groups excluding carboxylic acids is 1. The van der Waals surface area contributed by atoms with E-state index >= 15 is 0 Å². The topological polar surface area (TPSA) is 64.4 Å². The summed E-state index contributed by atoms with van der Waals surface area (Å²) in [5.74, 6) is 1.91. The number of amides is 1. The standard InChI is InChI=1S/C19H23BrN2O5/c1-24-15-5-4-13(17(25-2)18(15)26-3)11-21-6-8-22(9-7-21)19(23)14-10-16(20)27-12-14/h4-5,10,12H,6-9,11H2,1-3H3. The van der Waals surface area contributed by atoms with E-state index in [-0.39, 0.29) is 5.91 Å². The molecule has 2 heterocycles. The summed E-state index contributed by atoms with van der Waals surface area (Å²) in [7, 11) is 4.83. The zero-order valence-electron chi connectivity index (χ0n) is 15.7. The normalized spacial score (nSPS) is 14.9. The van der Waals surface area contributed by atoms with E-state index in [1.165, 1.54) is 6.26 Å². The average Bonchev–Trinajstić information content (AvgIpc) is 3.13. The summed E-state index contributed by atoms with van der Waals surface area (Å²) in [4.78, 5) is 16.6. The van der Waals surface area contributed by atoms with Crippen LogP contribution in [0, 0.1) is 0 Å². The number of methoxy groups -OCH3 is 3. The Kier molecular flexibility index (Phi) is 6.28. The Bertz CT molecular complexity index is 799. The second-order valence-corrected chi connectivity index (χ2v) is 6.98. The molecule has 0 aliphatic carbocycles. The molecule has 1 aromatic carbocycles. The Labute approximate surface area is 166 Å². The van der Waals surface area contributed by atoms with E-state index in [0.717, 1.165) is 18.7 Å². The van der Waals surface area contributed by atoms with Crippen molar-refractivity contribution in [2.75, 3.05) is 47.5 Å². The summed E-state index contributed by atoms with van der Waals surface area (Å²) in [6, 6.07) is 5.57. The summed E-state index contributed by atoms with van der Waals surface area (Å²) in [5, 5.41) is 0. The van der Waals surface area contributed by atoms with Crippen LogP contribution in [0.3, 0.4) is 0 Å². The van der Waals surface area contributed by atoms with Gasteiger partial charge in [0.25, 0.3) is 5.91 Å². The highest BCUT2D eigenvalue weighted by Gasteiger charge is 2.25. The summed E-state index contributed by atoms with van der Waals surface area (Å²) in [6.07, 6.45) is 1.48. The quantitative estimate of drug-likeness (QED) is 0.690. The molecule has 146 valence electrons. The molecule has 2 aromatic rings. The lowest BCUT2D eigenvalue weighted by atomic mass is 10.1. The zero-order chi connectivity index (χ0) is 19.4. The van der Waals surface area contributed by atoms with E-state index < -0.39 is 0 Å². The van der Waals surface area contributed by atoms with Crippen molar-refractivity contribution in [2.45, 2.75) is 6.54 Å². The molecule has 1 fully saturated rings. The maximum absolute atomic E-state index is 12.5. The van der Waals surface area contributed by atoms with Gasteiger partial charge in [-0.25, -0.2) is 0 Å². The van der Waals surface area contributed by atoms with Crippen LogP contribution in [0.1, 0.15) is 15.9 Å². The molecule has 1 aromatic heterocycles. The van der Waals surface area contributed by atoms with Crippen LogP contribution in [-0.2, 0) is 6.54 Å². The molecular weight excluding hydrogens is 416 g/mol. The zero-order valence-corrected chi connectivity index (χ0v) is 17.2. The minimum Gasteiger partial charge on any atom is -0.493 e. The lowest BCUT2D eigenvalue weighted by Crippen LogP contribution is -2.48. The number of nitrogens with zero attached hydrogens (tertiary/aromatic N) is 2. The van der Waals surface area contributed by atoms with E-state index in [1.54, 1.807) is 27.4 Å². The van der Waals surface area contributed by atoms with E-state index in [9.17, 15) is 4.79 Å². The fourth-order valence-electron chi connectivity index (χ4n) is 3.24. The van der Waals surface area contributed by atoms with Crippen molar-refractivity contribution < 1.29 is 23.4 Å². The SMILES string of the molecule is COc1ccc(CN2CCN(C(=O)c3coc(Br)c3)CC2)c(OC)c1OC. The van der Waals surface area contributed by atoms with E-state index in [0.29, 0.717) is 47.1 Å². The minimum absolute atomic E-state index is 0.00667. The Morgan fingerprint density at radius 1 is 1.07 bits per heavy atom. The van der Waals surface area contributed by atoms with Crippen molar-refractivity contribution in [3.63, 3.8) is 0 Å². The molecule has 0 radical (unpaired) electrons. The molecule has 1 amide bonds. The van der Waals surface area contributed by atoms with Crippen LogP contribution in [0.2, 0.25) is 0 Å². The highest BCUT2D eigenvalue weighted by Crippen LogP contribution is 2.40. The first-order valence-corrected chi connectivity index (χ1v) is 9.40. The lowest BCUT2D eigenvalue weighted by molar-refractivity contribution is 0.0626. The fraction of sp³-hybridized carbons (Fsp3) is 0.421. The molecule has 0 saturated carbocycles. The predicted molar refractivity (Wildman–Crippen MR) is 104 cm³/mol. The number of hydrogen-bond donors (Lipinski definition) is 0. The fourth-order valence-corrected chi connectivity index (χ4v) is 3.58. The summed E-state index contributed by atoms with van der Waals surface area (Å²) >= 11 is 3.23. The van der Waals surface area contributed by atoms with Gasteiger partial charge in [0.2, 0.25) is 5.75 Å². The maximum Gasteiger partial charge on any atom is 0.257 e. The maximum atomic E-state index is 12.5. The van der Waals surface area contributed by atoms with Crippen LogP contribution in [0.4, 0.5) is 0 Å². The molecule has 0 N–H and O–H groups in total. The van der Waals surface area contributed by atoms with Gasteiger partial charge in [-0.1, -0.05) is 6.07 Å². The predicted octanol–water partition coefficient (Wildman–Crippen LogP) is 3.03. The smallest absolute Gasteiger partial charge is 0.257 e. The third-order valence-corrected chi connectivity index (χ3v) is 5.07. The molecule has 0 atom stereocenters. The first kappa shape index (κ1) is 19.6. The van der Waals surface area contributed by atoms with Gasteiger partial charge in [-0.15, -0.1) is 0 Å². The molecule has 8 heteroatoms. The number of piperazine rings is 1. The summed E-state index contributed by atoms with van der Waals surface area (Å²) in [6.45, 7) is 3.60. The molecule has 1 aliphatic heterocycles.